The number of ether oxygens (including phenoxy) is 1. The molecule has 0 spiro atoms. The first kappa shape index (κ1) is 48.2. The van der Waals surface area contributed by atoms with Gasteiger partial charge in [-0.1, -0.05) is 60.7 Å². The van der Waals surface area contributed by atoms with Crippen LogP contribution in [-0.2, 0) is 25.7 Å². The number of nitrogens with one attached hydrogen (secondary N) is 3. The number of methoxy groups -OCH3 is 1. The Bertz CT molecular complexity index is 2310. The van der Waals surface area contributed by atoms with Crippen LogP contribution in [0.5, 0.6) is 0 Å². The Hall–Kier alpha value is -5.79. The highest BCUT2D eigenvalue weighted by Gasteiger charge is 2.38. The standard InChI is InChI=1S/C43H51N7O5S.C2HF3O2/c1-30(32-10-6-4-7-11-32)45-39(51)28-48-20-18-44-19-21-49(29-40(52)46-31(2)33-12-8-5-9-13-33)23-25-50(24-22-48)27-35-15-16-36-41(53)37-26-34(43(54)55-3)14-17-38(37)56-42(36)47-35;3-2(4,5)1(6)7/h4-17,26,30-31,44H,18-25,27-29H2,1-3H3,(H,45,51)(H,46,52);(H,6,7)/t30-,31-;/m0./s1. The summed E-state index contributed by atoms with van der Waals surface area (Å²) in [4.78, 5) is 73.4. The number of hydrogen-bond donors (Lipinski definition) is 4. The normalized spacial score (nSPS) is 15.8. The van der Waals surface area contributed by atoms with Gasteiger partial charge in [0, 0.05) is 69.0 Å². The van der Waals surface area contributed by atoms with E-state index in [-0.39, 0.29) is 42.4 Å². The molecule has 3 aromatic carbocycles. The molecule has 1 fully saturated rings. The van der Waals surface area contributed by atoms with Gasteiger partial charge in [-0.05, 0) is 55.3 Å². The molecule has 2 aromatic heterocycles. The first-order valence-corrected chi connectivity index (χ1v) is 21.2. The third-order valence-electron chi connectivity index (χ3n) is 10.4. The van der Waals surface area contributed by atoms with E-state index in [2.05, 4.69) is 30.7 Å². The summed E-state index contributed by atoms with van der Waals surface area (Å²) >= 11 is 1.41. The van der Waals surface area contributed by atoms with E-state index in [1.165, 1.54) is 18.4 Å². The molecular formula is C45H52F3N7O7S. The van der Waals surface area contributed by atoms with Crippen molar-refractivity contribution in [3.63, 3.8) is 0 Å². The number of carboxylic acids is 1. The lowest BCUT2D eigenvalue weighted by Gasteiger charge is -2.31. The van der Waals surface area contributed by atoms with Crippen LogP contribution in [0.2, 0.25) is 0 Å². The van der Waals surface area contributed by atoms with E-state index in [1.807, 2.05) is 86.6 Å². The minimum Gasteiger partial charge on any atom is -0.475 e. The van der Waals surface area contributed by atoms with Crippen molar-refractivity contribution < 1.29 is 42.2 Å². The van der Waals surface area contributed by atoms with Crippen molar-refractivity contribution in [2.75, 3.05) is 72.6 Å². The molecule has 0 aliphatic carbocycles. The zero-order valence-corrected chi connectivity index (χ0v) is 36.1. The highest BCUT2D eigenvalue weighted by Crippen LogP contribution is 2.25. The summed E-state index contributed by atoms with van der Waals surface area (Å²) in [6.07, 6.45) is -5.08. The van der Waals surface area contributed by atoms with E-state index < -0.39 is 18.1 Å². The van der Waals surface area contributed by atoms with Gasteiger partial charge < -0.3 is 25.8 Å². The van der Waals surface area contributed by atoms with Crippen LogP contribution in [0.3, 0.4) is 0 Å². The predicted octanol–water partition coefficient (Wildman–Crippen LogP) is 4.99. The van der Waals surface area contributed by atoms with Crippen LogP contribution in [0.25, 0.3) is 20.3 Å². The molecule has 14 nitrogen and oxygen atoms in total. The lowest BCUT2D eigenvalue weighted by atomic mass is 10.1. The zero-order valence-electron chi connectivity index (χ0n) is 35.3. The largest absolute Gasteiger partial charge is 0.490 e. The summed E-state index contributed by atoms with van der Waals surface area (Å²) in [5.74, 6) is -3.31. The lowest BCUT2D eigenvalue weighted by molar-refractivity contribution is -0.192. The Balaban J connectivity index is 0.000000985. The van der Waals surface area contributed by atoms with Crippen molar-refractivity contribution in [3.8, 4) is 0 Å². The van der Waals surface area contributed by atoms with Crippen LogP contribution >= 0.6 is 11.3 Å². The fourth-order valence-corrected chi connectivity index (χ4v) is 7.98. The molecule has 6 rings (SSSR count). The molecule has 1 aliphatic rings. The van der Waals surface area contributed by atoms with Crippen molar-refractivity contribution in [1.82, 2.24) is 35.6 Å². The van der Waals surface area contributed by atoms with Gasteiger partial charge in [0.1, 0.15) is 4.83 Å². The third kappa shape index (κ3) is 14.6. The number of alkyl halides is 3. The second-order valence-corrected chi connectivity index (χ2v) is 16.1. The SMILES string of the molecule is COC(=O)c1ccc2sc3nc(CN4CCN(CC(=O)N[C@@H](C)c5ccccc5)CCNCCN(CC(=O)N[C@@H](C)c5ccccc5)CC4)ccc3c(=O)c2c1.O=C(O)C(F)(F)F. The number of carbonyl (C=O) groups excluding carboxylic acids is 3. The van der Waals surface area contributed by atoms with Crippen LogP contribution < -0.4 is 21.4 Å². The van der Waals surface area contributed by atoms with E-state index >= 15 is 0 Å². The molecule has 5 aromatic rings. The maximum Gasteiger partial charge on any atom is 0.490 e. The lowest BCUT2D eigenvalue weighted by Crippen LogP contribution is -2.48. The van der Waals surface area contributed by atoms with Gasteiger partial charge in [0.25, 0.3) is 0 Å². The monoisotopic (exact) mass is 891 g/mol. The quantitative estimate of drug-likeness (QED) is 0.104. The Morgan fingerprint density at radius 1 is 0.762 bits per heavy atom. The predicted molar refractivity (Wildman–Crippen MR) is 235 cm³/mol. The van der Waals surface area contributed by atoms with Gasteiger partial charge in [0.15, 0.2) is 5.43 Å². The molecule has 63 heavy (non-hydrogen) atoms. The first-order valence-electron chi connectivity index (χ1n) is 20.4. The molecule has 0 radical (unpaired) electrons. The van der Waals surface area contributed by atoms with Crippen molar-refractivity contribution in [2.45, 2.75) is 38.7 Å². The van der Waals surface area contributed by atoms with Crippen molar-refractivity contribution in [2.24, 2.45) is 0 Å². The van der Waals surface area contributed by atoms with Crippen LogP contribution in [0, 0.1) is 0 Å². The summed E-state index contributed by atoms with van der Waals surface area (Å²) in [7, 11) is 1.32. The topological polar surface area (TPSA) is 174 Å². The summed E-state index contributed by atoms with van der Waals surface area (Å²) < 4.78 is 37.3. The number of carboxylic acid groups (broad SMARTS) is 1. The number of benzene rings is 3. The van der Waals surface area contributed by atoms with E-state index in [0.717, 1.165) is 21.5 Å². The molecule has 1 aliphatic heterocycles. The van der Waals surface area contributed by atoms with Gasteiger partial charge in [0.05, 0.1) is 48.9 Å². The minimum absolute atomic E-state index is 0.0288. The van der Waals surface area contributed by atoms with Gasteiger partial charge in [-0.25, -0.2) is 14.6 Å². The number of nitrogens with zero attached hydrogens (tertiary/aromatic N) is 4. The molecular weight excluding hydrogens is 840 g/mol. The number of hydrogen-bond acceptors (Lipinski definition) is 12. The number of aromatic nitrogens is 1. The Labute approximate surface area is 367 Å². The number of carbonyl (C=O) groups is 4. The number of fused-ring (bicyclic) bond motifs is 2. The van der Waals surface area contributed by atoms with Crippen molar-refractivity contribution >= 4 is 55.4 Å². The average Bonchev–Trinajstić information content (AvgIpc) is 3.26. The molecule has 3 heterocycles. The van der Waals surface area contributed by atoms with Crippen LogP contribution in [0.1, 0.15) is 53.1 Å². The molecule has 1 saturated heterocycles. The van der Waals surface area contributed by atoms with Gasteiger partial charge in [-0.3, -0.25) is 29.1 Å². The fraction of sp³-hybridized carbons (Fsp3) is 0.378. The fourth-order valence-electron chi connectivity index (χ4n) is 6.94. The van der Waals surface area contributed by atoms with E-state index in [9.17, 15) is 32.3 Å². The van der Waals surface area contributed by atoms with E-state index in [4.69, 9.17) is 19.6 Å². The molecule has 0 saturated carbocycles. The zero-order chi connectivity index (χ0) is 45.5. The molecule has 0 unspecified atom stereocenters. The van der Waals surface area contributed by atoms with Gasteiger partial charge in [-0.15, -0.1) is 11.3 Å². The minimum atomic E-state index is -5.08. The summed E-state index contributed by atoms with van der Waals surface area (Å²) in [6.45, 7) is 10.4. The molecule has 2 atom stereocenters. The Morgan fingerprint density at radius 2 is 1.27 bits per heavy atom. The second kappa shape index (κ2) is 23.1. The van der Waals surface area contributed by atoms with Crippen LogP contribution in [-0.4, -0.2) is 127 Å². The molecule has 336 valence electrons. The maximum atomic E-state index is 13.5. The number of aliphatic carboxylic acids is 1. The number of pyridine rings is 1. The number of esters is 1. The van der Waals surface area contributed by atoms with Gasteiger partial charge in [-0.2, -0.15) is 13.2 Å². The van der Waals surface area contributed by atoms with Crippen LogP contribution in [0.4, 0.5) is 13.2 Å². The summed E-state index contributed by atoms with van der Waals surface area (Å²) in [5.41, 5.74) is 3.08. The highest BCUT2D eigenvalue weighted by atomic mass is 32.1. The van der Waals surface area contributed by atoms with Gasteiger partial charge >= 0.3 is 18.1 Å². The van der Waals surface area contributed by atoms with Gasteiger partial charge in [0.2, 0.25) is 11.8 Å². The molecule has 0 bridgehead atoms. The Morgan fingerprint density at radius 3 is 1.76 bits per heavy atom. The van der Waals surface area contributed by atoms with E-state index in [1.54, 1.807) is 18.2 Å². The van der Waals surface area contributed by atoms with E-state index in [0.29, 0.717) is 80.1 Å². The molecule has 18 heteroatoms. The van der Waals surface area contributed by atoms with Crippen molar-refractivity contribution in [3.05, 3.63) is 124 Å². The second-order valence-electron chi connectivity index (χ2n) is 15.1. The first-order chi connectivity index (χ1) is 30.1. The Kier molecular flexibility index (Phi) is 17.7. The summed E-state index contributed by atoms with van der Waals surface area (Å²) in [5, 5.41) is 17.9. The highest BCUT2D eigenvalue weighted by molar-refractivity contribution is 7.24. The van der Waals surface area contributed by atoms with Crippen molar-refractivity contribution in [1.29, 1.82) is 0 Å². The molecule has 4 N–H and O–H groups in total. The number of halogens is 3. The summed E-state index contributed by atoms with van der Waals surface area (Å²) in [6, 6.07) is 28.4. The smallest absolute Gasteiger partial charge is 0.475 e. The number of amides is 2. The average molecular weight is 892 g/mol. The number of rotatable bonds is 11. The third-order valence-corrected chi connectivity index (χ3v) is 11.5. The maximum absolute atomic E-state index is 13.5. The van der Waals surface area contributed by atoms with Crippen LogP contribution in [0.15, 0.2) is 95.8 Å². The molecule has 2 amide bonds.